The average Bonchev–Trinajstić information content (AvgIpc) is 2.67. The second kappa shape index (κ2) is 8.03. The Morgan fingerprint density at radius 1 is 1.11 bits per heavy atom. The number of hydrogen-bond donors (Lipinski definition) is 3. The molecule has 0 saturated carbocycles. The number of carbonyl (C=O) groups is 1. The SMILES string of the molecule is Cc1ccc(NCC2CNC2)cc1C(=O)N[C@H](C)c1cccc2ccccc12. The predicted molar refractivity (Wildman–Crippen MR) is 116 cm³/mol. The molecule has 1 amide bonds. The third kappa shape index (κ3) is 3.87. The standard InChI is InChI=1S/C24H27N3O/c1-16-10-11-20(26-15-18-13-25-14-18)12-23(16)24(28)27-17(2)21-9-5-7-19-6-3-4-8-22(19)21/h3-12,17-18,25-26H,13-15H2,1-2H3,(H,27,28)/t17-/m1/s1. The van der Waals surface area contributed by atoms with Crippen molar-refractivity contribution in [3.8, 4) is 0 Å². The van der Waals surface area contributed by atoms with E-state index < -0.39 is 0 Å². The van der Waals surface area contributed by atoms with Gasteiger partial charge in [0.25, 0.3) is 5.91 Å². The zero-order valence-corrected chi connectivity index (χ0v) is 16.5. The molecule has 1 atom stereocenters. The van der Waals surface area contributed by atoms with E-state index in [1.165, 1.54) is 10.8 Å². The van der Waals surface area contributed by atoms with Gasteiger partial charge in [0, 0.05) is 36.8 Å². The minimum absolute atomic E-state index is 0.0353. The van der Waals surface area contributed by atoms with Crippen LogP contribution in [0.3, 0.4) is 0 Å². The van der Waals surface area contributed by atoms with E-state index in [4.69, 9.17) is 0 Å². The number of nitrogens with one attached hydrogen (secondary N) is 3. The maximum Gasteiger partial charge on any atom is 0.252 e. The number of aryl methyl sites for hydroxylation is 1. The van der Waals surface area contributed by atoms with Crippen molar-refractivity contribution >= 4 is 22.4 Å². The Hall–Kier alpha value is -2.85. The van der Waals surface area contributed by atoms with E-state index >= 15 is 0 Å². The maximum atomic E-state index is 13.0. The lowest BCUT2D eigenvalue weighted by molar-refractivity contribution is 0.0939. The van der Waals surface area contributed by atoms with Crippen LogP contribution in [-0.4, -0.2) is 25.5 Å². The van der Waals surface area contributed by atoms with Gasteiger partial charge in [0.2, 0.25) is 0 Å². The van der Waals surface area contributed by atoms with Crippen LogP contribution < -0.4 is 16.0 Å². The number of anilines is 1. The van der Waals surface area contributed by atoms with Gasteiger partial charge in [-0.05, 0) is 47.9 Å². The lowest BCUT2D eigenvalue weighted by Crippen LogP contribution is -2.45. The monoisotopic (exact) mass is 373 g/mol. The summed E-state index contributed by atoms with van der Waals surface area (Å²) in [6.45, 7) is 7.09. The second-order valence-electron chi connectivity index (χ2n) is 7.70. The molecule has 3 aromatic carbocycles. The number of hydrogen-bond acceptors (Lipinski definition) is 3. The van der Waals surface area contributed by atoms with Gasteiger partial charge in [0.15, 0.2) is 0 Å². The molecule has 1 saturated heterocycles. The summed E-state index contributed by atoms with van der Waals surface area (Å²) in [5.74, 6) is 0.636. The van der Waals surface area contributed by atoms with E-state index in [-0.39, 0.29) is 11.9 Å². The minimum atomic E-state index is -0.0735. The molecule has 4 heteroatoms. The van der Waals surface area contributed by atoms with E-state index in [9.17, 15) is 4.79 Å². The summed E-state index contributed by atoms with van der Waals surface area (Å²) >= 11 is 0. The van der Waals surface area contributed by atoms with Crippen LogP contribution in [0.5, 0.6) is 0 Å². The van der Waals surface area contributed by atoms with E-state index in [0.29, 0.717) is 5.92 Å². The van der Waals surface area contributed by atoms with Crippen LogP contribution in [0.2, 0.25) is 0 Å². The first-order chi connectivity index (χ1) is 13.6. The van der Waals surface area contributed by atoms with Gasteiger partial charge in [0.1, 0.15) is 0 Å². The van der Waals surface area contributed by atoms with Crippen molar-refractivity contribution in [2.75, 3.05) is 25.0 Å². The average molecular weight is 374 g/mol. The Bertz CT molecular complexity index is 989. The lowest BCUT2D eigenvalue weighted by Gasteiger charge is -2.27. The molecule has 3 N–H and O–H groups in total. The maximum absolute atomic E-state index is 13.0. The smallest absolute Gasteiger partial charge is 0.252 e. The molecule has 0 aromatic heterocycles. The molecule has 4 nitrogen and oxygen atoms in total. The zero-order chi connectivity index (χ0) is 19.5. The summed E-state index contributed by atoms with van der Waals surface area (Å²) < 4.78 is 0. The molecule has 4 rings (SSSR count). The minimum Gasteiger partial charge on any atom is -0.385 e. The number of fused-ring (bicyclic) bond motifs is 1. The molecule has 1 aliphatic rings. The normalized spacial score (nSPS) is 15.1. The molecule has 0 bridgehead atoms. The summed E-state index contributed by atoms with van der Waals surface area (Å²) in [5, 5.41) is 12.3. The van der Waals surface area contributed by atoms with Crippen molar-refractivity contribution in [2.45, 2.75) is 19.9 Å². The Labute approximate surface area is 166 Å². The molecule has 1 aliphatic heterocycles. The number of benzene rings is 3. The van der Waals surface area contributed by atoms with Gasteiger partial charge in [0.05, 0.1) is 6.04 Å². The third-order valence-corrected chi connectivity index (χ3v) is 5.58. The molecule has 3 aromatic rings. The quantitative estimate of drug-likeness (QED) is 0.605. The first kappa shape index (κ1) is 18.5. The van der Waals surface area contributed by atoms with Crippen LogP contribution in [0.25, 0.3) is 10.8 Å². The second-order valence-corrected chi connectivity index (χ2v) is 7.70. The summed E-state index contributed by atoms with van der Waals surface area (Å²) in [6.07, 6.45) is 0. The van der Waals surface area contributed by atoms with Crippen molar-refractivity contribution < 1.29 is 4.79 Å². The Morgan fingerprint density at radius 2 is 1.89 bits per heavy atom. The van der Waals surface area contributed by atoms with Crippen LogP contribution >= 0.6 is 0 Å². The lowest BCUT2D eigenvalue weighted by atomic mass is 9.99. The van der Waals surface area contributed by atoms with E-state index in [0.717, 1.165) is 42.0 Å². The molecule has 1 fully saturated rings. The highest BCUT2D eigenvalue weighted by molar-refractivity contribution is 5.97. The van der Waals surface area contributed by atoms with Gasteiger partial charge in [-0.25, -0.2) is 0 Å². The number of amides is 1. The molecule has 0 spiro atoms. The molecule has 28 heavy (non-hydrogen) atoms. The van der Waals surface area contributed by atoms with Gasteiger partial charge >= 0.3 is 0 Å². The van der Waals surface area contributed by atoms with Gasteiger partial charge in [-0.2, -0.15) is 0 Å². The van der Waals surface area contributed by atoms with Gasteiger partial charge in [-0.15, -0.1) is 0 Å². The summed E-state index contributed by atoms with van der Waals surface area (Å²) in [6, 6.07) is 20.5. The van der Waals surface area contributed by atoms with E-state index in [1.54, 1.807) is 0 Å². The van der Waals surface area contributed by atoms with E-state index in [2.05, 4.69) is 40.2 Å². The van der Waals surface area contributed by atoms with Crippen LogP contribution in [-0.2, 0) is 0 Å². The summed E-state index contributed by atoms with van der Waals surface area (Å²) in [5.41, 5.74) is 3.85. The van der Waals surface area contributed by atoms with E-state index in [1.807, 2.05) is 50.2 Å². The van der Waals surface area contributed by atoms with Gasteiger partial charge < -0.3 is 16.0 Å². The third-order valence-electron chi connectivity index (χ3n) is 5.58. The fraction of sp³-hybridized carbons (Fsp3) is 0.292. The van der Waals surface area contributed by atoms with Crippen LogP contribution in [0.15, 0.2) is 60.7 Å². The first-order valence-corrected chi connectivity index (χ1v) is 9.95. The molecule has 144 valence electrons. The van der Waals surface area contributed by atoms with Crippen LogP contribution in [0, 0.1) is 12.8 Å². The van der Waals surface area contributed by atoms with Crippen molar-refractivity contribution in [3.05, 3.63) is 77.4 Å². The number of rotatable bonds is 6. The zero-order valence-electron chi connectivity index (χ0n) is 16.5. The molecule has 1 heterocycles. The van der Waals surface area contributed by atoms with Crippen molar-refractivity contribution in [1.82, 2.24) is 10.6 Å². The highest BCUT2D eigenvalue weighted by Gasteiger charge is 2.18. The Morgan fingerprint density at radius 3 is 2.68 bits per heavy atom. The first-order valence-electron chi connectivity index (χ1n) is 9.95. The fourth-order valence-electron chi connectivity index (χ4n) is 3.71. The summed E-state index contributed by atoms with van der Waals surface area (Å²) in [7, 11) is 0. The number of carbonyl (C=O) groups excluding carboxylic acids is 1. The molecule has 0 radical (unpaired) electrons. The van der Waals surface area contributed by atoms with Crippen LogP contribution in [0.4, 0.5) is 5.69 Å². The highest BCUT2D eigenvalue weighted by atomic mass is 16.1. The van der Waals surface area contributed by atoms with Gasteiger partial charge in [-0.3, -0.25) is 4.79 Å². The van der Waals surface area contributed by atoms with Gasteiger partial charge in [-0.1, -0.05) is 48.5 Å². The largest absolute Gasteiger partial charge is 0.385 e. The van der Waals surface area contributed by atoms with Crippen LogP contribution in [0.1, 0.15) is 34.5 Å². The molecule has 0 aliphatic carbocycles. The molecular weight excluding hydrogens is 346 g/mol. The highest BCUT2D eigenvalue weighted by Crippen LogP contribution is 2.25. The summed E-state index contributed by atoms with van der Waals surface area (Å²) in [4.78, 5) is 13.0. The molecule has 0 unspecified atom stereocenters. The predicted octanol–water partition coefficient (Wildman–Crippen LogP) is 4.27. The topological polar surface area (TPSA) is 53.2 Å². The Kier molecular flexibility index (Phi) is 5.31. The molecular formula is C24H27N3O. The Balaban J connectivity index is 1.50. The van der Waals surface area contributed by atoms with Crippen molar-refractivity contribution in [3.63, 3.8) is 0 Å². The van der Waals surface area contributed by atoms with Crippen molar-refractivity contribution in [2.24, 2.45) is 5.92 Å². The fourth-order valence-corrected chi connectivity index (χ4v) is 3.71. The van der Waals surface area contributed by atoms with Crippen molar-refractivity contribution in [1.29, 1.82) is 0 Å².